The van der Waals surface area contributed by atoms with E-state index >= 15 is 0 Å². The zero-order chi connectivity index (χ0) is 15.7. The molecule has 0 aromatic carbocycles. The summed E-state index contributed by atoms with van der Waals surface area (Å²) in [6.45, 7) is 13.8. The molecule has 0 aromatic heterocycles. The molecular weight excluding hydrogens is 252 g/mol. The Bertz CT molecular complexity index is 348. The minimum Gasteiger partial charge on any atom is -0.483 e. The summed E-state index contributed by atoms with van der Waals surface area (Å²) in [5.74, 6) is 2.23. The highest BCUT2D eigenvalue weighted by Crippen LogP contribution is 2.22. The van der Waals surface area contributed by atoms with Crippen LogP contribution in [0.25, 0.3) is 0 Å². The SMILES string of the molecule is C=CC.CCC(C)C1N=C(OC)C(C(C)C)N=C1OC. The Balaban J connectivity index is 0.00000110. The third kappa shape index (κ3) is 4.99. The number of allylic oxidation sites excluding steroid dienone is 1. The maximum Gasteiger partial charge on any atom is 0.209 e. The molecule has 4 nitrogen and oxygen atoms in total. The second kappa shape index (κ2) is 9.56. The van der Waals surface area contributed by atoms with Crippen molar-refractivity contribution in [2.24, 2.45) is 21.8 Å². The average molecular weight is 282 g/mol. The Morgan fingerprint density at radius 1 is 1.10 bits per heavy atom. The van der Waals surface area contributed by atoms with Crippen molar-refractivity contribution >= 4 is 11.8 Å². The predicted octanol–water partition coefficient (Wildman–Crippen LogP) is 3.72. The topological polar surface area (TPSA) is 43.2 Å². The van der Waals surface area contributed by atoms with Crippen molar-refractivity contribution in [1.29, 1.82) is 0 Å². The van der Waals surface area contributed by atoms with Crippen LogP contribution in [-0.4, -0.2) is 38.1 Å². The minimum absolute atomic E-state index is 0.00468. The van der Waals surface area contributed by atoms with Crippen LogP contribution < -0.4 is 0 Å². The third-order valence-electron chi connectivity index (χ3n) is 3.27. The van der Waals surface area contributed by atoms with Crippen molar-refractivity contribution in [2.45, 2.75) is 53.1 Å². The molecule has 0 aliphatic carbocycles. The van der Waals surface area contributed by atoms with E-state index in [1.807, 2.05) is 6.92 Å². The number of methoxy groups -OCH3 is 2. The summed E-state index contributed by atoms with van der Waals surface area (Å²) in [7, 11) is 3.33. The van der Waals surface area contributed by atoms with E-state index in [9.17, 15) is 0 Å². The molecule has 1 rings (SSSR count). The van der Waals surface area contributed by atoms with Gasteiger partial charge >= 0.3 is 0 Å². The van der Waals surface area contributed by atoms with Crippen molar-refractivity contribution in [3.8, 4) is 0 Å². The fourth-order valence-corrected chi connectivity index (χ4v) is 1.91. The molecule has 20 heavy (non-hydrogen) atoms. The van der Waals surface area contributed by atoms with Crippen molar-refractivity contribution in [3.63, 3.8) is 0 Å². The van der Waals surface area contributed by atoms with Gasteiger partial charge in [-0.05, 0) is 18.8 Å². The smallest absolute Gasteiger partial charge is 0.209 e. The molecule has 0 radical (unpaired) electrons. The Kier molecular flexibility index (Phi) is 8.93. The lowest BCUT2D eigenvalue weighted by molar-refractivity contribution is 0.316. The third-order valence-corrected chi connectivity index (χ3v) is 3.27. The Morgan fingerprint density at radius 3 is 1.85 bits per heavy atom. The lowest BCUT2D eigenvalue weighted by Gasteiger charge is -2.29. The van der Waals surface area contributed by atoms with Crippen LogP contribution in [0.4, 0.5) is 0 Å². The summed E-state index contributed by atoms with van der Waals surface area (Å²) in [5, 5.41) is 0. The van der Waals surface area contributed by atoms with Crippen LogP contribution >= 0.6 is 0 Å². The monoisotopic (exact) mass is 282 g/mol. The Labute approximate surface area is 124 Å². The highest BCUT2D eigenvalue weighted by atomic mass is 16.5. The van der Waals surface area contributed by atoms with Crippen LogP contribution in [0.2, 0.25) is 0 Å². The molecule has 0 spiro atoms. The first-order valence-corrected chi connectivity index (χ1v) is 7.27. The Hall–Kier alpha value is -1.32. The van der Waals surface area contributed by atoms with Gasteiger partial charge in [0.15, 0.2) is 0 Å². The van der Waals surface area contributed by atoms with Gasteiger partial charge in [0.2, 0.25) is 11.8 Å². The van der Waals surface area contributed by atoms with Crippen molar-refractivity contribution in [2.75, 3.05) is 14.2 Å². The number of hydrogen-bond acceptors (Lipinski definition) is 4. The lowest BCUT2D eigenvalue weighted by atomic mass is 9.96. The molecule has 0 amide bonds. The van der Waals surface area contributed by atoms with E-state index in [2.05, 4.69) is 44.3 Å². The van der Waals surface area contributed by atoms with Gasteiger partial charge in [-0.2, -0.15) is 0 Å². The van der Waals surface area contributed by atoms with Gasteiger partial charge in [-0.1, -0.05) is 40.2 Å². The normalized spacial score (nSPS) is 23.0. The molecule has 0 aromatic rings. The van der Waals surface area contributed by atoms with Crippen LogP contribution in [0.15, 0.2) is 22.6 Å². The van der Waals surface area contributed by atoms with Gasteiger partial charge in [0.1, 0.15) is 12.1 Å². The van der Waals surface area contributed by atoms with E-state index in [0.29, 0.717) is 11.8 Å². The molecule has 0 fully saturated rings. The molecule has 0 saturated heterocycles. The van der Waals surface area contributed by atoms with E-state index in [1.54, 1.807) is 20.3 Å². The van der Waals surface area contributed by atoms with E-state index in [0.717, 1.165) is 18.2 Å². The Morgan fingerprint density at radius 2 is 1.50 bits per heavy atom. The number of hydrogen-bond donors (Lipinski definition) is 0. The first-order valence-electron chi connectivity index (χ1n) is 7.27. The first-order chi connectivity index (χ1) is 9.46. The minimum atomic E-state index is -0.0183. The maximum absolute atomic E-state index is 5.39. The molecule has 3 unspecified atom stereocenters. The van der Waals surface area contributed by atoms with E-state index in [1.165, 1.54) is 0 Å². The van der Waals surface area contributed by atoms with Gasteiger partial charge < -0.3 is 9.47 Å². The van der Waals surface area contributed by atoms with Gasteiger partial charge in [-0.25, -0.2) is 9.98 Å². The lowest BCUT2D eigenvalue weighted by Crippen LogP contribution is -2.40. The van der Waals surface area contributed by atoms with E-state index < -0.39 is 0 Å². The van der Waals surface area contributed by atoms with Crippen molar-refractivity contribution < 1.29 is 9.47 Å². The molecule has 1 aliphatic rings. The summed E-state index contributed by atoms with van der Waals surface area (Å²) < 4.78 is 10.8. The molecule has 0 saturated carbocycles. The standard InChI is InChI=1S/C13H24N2O2.C3H6/c1-7-9(4)11-13(17-6)14-10(8(2)3)12(15-11)16-5;1-3-2/h8-11H,7H2,1-6H3;3H,1H2,2H3. The van der Waals surface area contributed by atoms with E-state index in [-0.39, 0.29) is 12.1 Å². The number of rotatable bonds is 3. The van der Waals surface area contributed by atoms with Crippen molar-refractivity contribution in [3.05, 3.63) is 12.7 Å². The molecule has 0 N–H and O–H groups in total. The summed E-state index contributed by atoms with van der Waals surface area (Å²) in [6, 6.07) is -0.0230. The van der Waals surface area contributed by atoms with Gasteiger partial charge in [0, 0.05) is 0 Å². The molecule has 1 aliphatic heterocycles. The van der Waals surface area contributed by atoms with E-state index in [4.69, 9.17) is 9.47 Å². The molecule has 4 heteroatoms. The van der Waals surface area contributed by atoms with Gasteiger partial charge in [0.25, 0.3) is 0 Å². The number of nitrogens with zero attached hydrogens (tertiary/aromatic N) is 2. The predicted molar refractivity (Wildman–Crippen MR) is 86.6 cm³/mol. The zero-order valence-electron chi connectivity index (χ0n) is 14.0. The van der Waals surface area contributed by atoms with Crippen LogP contribution in [-0.2, 0) is 9.47 Å². The second-order valence-corrected chi connectivity index (χ2v) is 5.27. The fourth-order valence-electron chi connectivity index (χ4n) is 1.91. The molecule has 116 valence electrons. The highest BCUT2D eigenvalue weighted by molar-refractivity contribution is 5.94. The van der Waals surface area contributed by atoms with Crippen molar-refractivity contribution in [1.82, 2.24) is 0 Å². The van der Waals surface area contributed by atoms with Gasteiger partial charge in [-0.3, -0.25) is 0 Å². The summed E-state index contributed by atoms with van der Waals surface area (Å²) in [5.41, 5.74) is 0. The van der Waals surface area contributed by atoms with Crippen LogP contribution in [0.1, 0.15) is 41.0 Å². The summed E-state index contributed by atoms with van der Waals surface area (Å²) in [4.78, 5) is 9.31. The second-order valence-electron chi connectivity index (χ2n) is 5.27. The zero-order valence-corrected chi connectivity index (χ0v) is 14.0. The quantitative estimate of drug-likeness (QED) is 0.740. The van der Waals surface area contributed by atoms with Crippen LogP contribution in [0, 0.1) is 11.8 Å². The molecule has 0 bridgehead atoms. The number of ether oxygens (including phenoxy) is 2. The summed E-state index contributed by atoms with van der Waals surface area (Å²) in [6.07, 6.45) is 2.79. The molecule has 1 heterocycles. The van der Waals surface area contributed by atoms with Crippen LogP contribution in [0.3, 0.4) is 0 Å². The molecule has 3 atom stereocenters. The highest BCUT2D eigenvalue weighted by Gasteiger charge is 2.33. The first kappa shape index (κ1) is 18.7. The average Bonchev–Trinajstić information content (AvgIpc) is 2.45. The van der Waals surface area contributed by atoms with Gasteiger partial charge in [-0.15, -0.1) is 6.58 Å². The largest absolute Gasteiger partial charge is 0.483 e. The fraction of sp³-hybridized carbons (Fsp3) is 0.750. The summed E-state index contributed by atoms with van der Waals surface area (Å²) >= 11 is 0. The molecular formula is C16H30N2O2. The van der Waals surface area contributed by atoms with Crippen LogP contribution in [0.5, 0.6) is 0 Å². The number of aliphatic imine (C=N–C) groups is 2. The van der Waals surface area contributed by atoms with Gasteiger partial charge in [0.05, 0.1) is 14.2 Å². The maximum atomic E-state index is 5.39.